The summed E-state index contributed by atoms with van der Waals surface area (Å²) < 4.78 is 13.7. The summed E-state index contributed by atoms with van der Waals surface area (Å²) in [6, 6.07) is 5.04. The predicted molar refractivity (Wildman–Crippen MR) is 77.3 cm³/mol. The van der Waals surface area contributed by atoms with Gasteiger partial charge in [-0.15, -0.1) is 0 Å². The molecule has 108 valence electrons. The van der Waals surface area contributed by atoms with Crippen LogP contribution in [0.3, 0.4) is 0 Å². The second-order valence-electron chi connectivity index (χ2n) is 5.72. The zero-order valence-electron chi connectivity index (χ0n) is 11.2. The summed E-state index contributed by atoms with van der Waals surface area (Å²) in [4.78, 5) is 12.0. The van der Waals surface area contributed by atoms with Crippen molar-refractivity contribution in [2.24, 2.45) is 11.8 Å². The van der Waals surface area contributed by atoms with E-state index < -0.39 is 5.82 Å². The number of carbonyl (C=O) groups excluding carboxylic acids is 1. The SMILES string of the molecule is O=C(CNc1cccc(Cl)c1F)NC(C1CC1)C1CC1. The first-order valence-electron chi connectivity index (χ1n) is 7.12. The van der Waals surface area contributed by atoms with Gasteiger partial charge in [0.25, 0.3) is 0 Å². The van der Waals surface area contributed by atoms with Gasteiger partial charge in [0, 0.05) is 6.04 Å². The van der Waals surface area contributed by atoms with Crippen LogP contribution in [-0.4, -0.2) is 18.5 Å². The molecule has 2 N–H and O–H groups in total. The molecule has 0 saturated heterocycles. The van der Waals surface area contributed by atoms with E-state index in [4.69, 9.17) is 11.6 Å². The standard InChI is InChI=1S/C15H18ClFN2O/c16-11-2-1-3-12(14(11)17)18-8-13(20)19-15(9-4-5-9)10-6-7-10/h1-3,9-10,15,18H,4-8H2,(H,19,20). The molecule has 2 fully saturated rings. The molecule has 0 unspecified atom stereocenters. The van der Waals surface area contributed by atoms with Gasteiger partial charge < -0.3 is 10.6 Å². The quantitative estimate of drug-likeness (QED) is 0.846. The van der Waals surface area contributed by atoms with Crippen molar-refractivity contribution >= 4 is 23.2 Å². The molecule has 3 rings (SSSR count). The number of amides is 1. The number of halogens is 2. The van der Waals surface area contributed by atoms with Crippen LogP contribution in [0.5, 0.6) is 0 Å². The number of rotatable bonds is 6. The van der Waals surface area contributed by atoms with Gasteiger partial charge in [-0.1, -0.05) is 17.7 Å². The molecule has 2 saturated carbocycles. The molecular formula is C15H18ClFN2O. The van der Waals surface area contributed by atoms with Crippen molar-refractivity contribution < 1.29 is 9.18 Å². The Morgan fingerprint density at radius 2 is 1.95 bits per heavy atom. The maximum Gasteiger partial charge on any atom is 0.239 e. The molecule has 5 heteroatoms. The minimum Gasteiger partial charge on any atom is -0.374 e. The number of hydrogen-bond acceptors (Lipinski definition) is 2. The van der Waals surface area contributed by atoms with Gasteiger partial charge in [0.2, 0.25) is 5.91 Å². The minimum absolute atomic E-state index is 0.0595. The summed E-state index contributed by atoms with van der Waals surface area (Å²) in [6.45, 7) is 0.0766. The maximum atomic E-state index is 13.7. The molecule has 0 atom stereocenters. The molecule has 0 radical (unpaired) electrons. The van der Waals surface area contributed by atoms with E-state index in [0.717, 1.165) is 0 Å². The molecule has 2 aliphatic carbocycles. The lowest BCUT2D eigenvalue weighted by Crippen LogP contribution is -2.41. The van der Waals surface area contributed by atoms with E-state index in [0.29, 0.717) is 17.9 Å². The van der Waals surface area contributed by atoms with Crippen LogP contribution in [0.1, 0.15) is 25.7 Å². The van der Waals surface area contributed by atoms with Gasteiger partial charge >= 0.3 is 0 Å². The van der Waals surface area contributed by atoms with Gasteiger partial charge in [-0.3, -0.25) is 4.79 Å². The first-order valence-corrected chi connectivity index (χ1v) is 7.50. The maximum absolute atomic E-state index is 13.7. The minimum atomic E-state index is -0.511. The number of anilines is 1. The van der Waals surface area contributed by atoms with Crippen molar-refractivity contribution in [3.63, 3.8) is 0 Å². The van der Waals surface area contributed by atoms with E-state index in [2.05, 4.69) is 10.6 Å². The molecule has 1 aromatic rings. The lowest BCUT2D eigenvalue weighted by molar-refractivity contribution is -0.120. The van der Waals surface area contributed by atoms with Crippen LogP contribution in [-0.2, 0) is 4.79 Å². The molecule has 0 aromatic heterocycles. The summed E-state index contributed by atoms with van der Waals surface area (Å²) in [5, 5.41) is 5.95. The lowest BCUT2D eigenvalue weighted by atomic mass is 10.1. The van der Waals surface area contributed by atoms with Crippen molar-refractivity contribution in [1.82, 2.24) is 5.32 Å². The van der Waals surface area contributed by atoms with Gasteiger partial charge in [0.1, 0.15) is 0 Å². The zero-order valence-corrected chi connectivity index (χ0v) is 11.9. The summed E-state index contributed by atoms with van der Waals surface area (Å²) in [7, 11) is 0. The number of carbonyl (C=O) groups is 1. The van der Waals surface area contributed by atoms with E-state index in [9.17, 15) is 9.18 Å². The largest absolute Gasteiger partial charge is 0.374 e. The van der Waals surface area contributed by atoms with Crippen molar-refractivity contribution in [3.05, 3.63) is 29.0 Å². The number of benzene rings is 1. The van der Waals surface area contributed by atoms with Gasteiger partial charge in [-0.25, -0.2) is 4.39 Å². The third kappa shape index (κ3) is 3.23. The Bertz CT molecular complexity index is 503. The monoisotopic (exact) mass is 296 g/mol. The molecule has 20 heavy (non-hydrogen) atoms. The average molecular weight is 297 g/mol. The predicted octanol–water partition coefficient (Wildman–Crippen LogP) is 3.20. The Labute approximate surface area is 122 Å². The number of hydrogen-bond donors (Lipinski definition) is 2. The van der Waals surface area contributed by atoms with Gasteiger partial charge in [-0.2, -0.15) is 0 Å². The first-order chi connectivity index (χ1) is 9.65. The van der Waals surface area contributed by atoms with Crippen LogP contribution < -0.4 is 10.6 Å². The smallest absolute Gasteiger partial charge is 0.239 e. The topological polar surface area (TPSA) is 41.1 Å². The Morgan fingerprint density at radius 1 is 1.30 bits per heavy atom. The molecule has 3 nitrogen and oxygen atoms in total. The molecule has 2 aliphatic rings. The Balaban J connectivity index is 1.52. The van der Waals surface area contributed by atoms with E-state index >= 15 is 0 Å². The van der Waals surface area contributed by atoms with Crippen LogP contribution in [0.15, 0.2) is 18.2 Å². The molecule has 0 bridgehead atoms. The van der Waals surface area contributed by atoms with Crippen molar-refractivity contribution in [2.75, 3.05) is 11.9 Å². The van der Waals surface area contributed by atoms with Crippen LogP contribution in [0, 0.1) is 17.7 Å². The van der Waals surface area contributed by atoms with E-state index in [-0.39, 0.29) is 23.2 Å². The normalized spacial score (nSPS) is 18.1. The highest BCUT2D eigenvalue weighted by atomic mass is 35.5. The summed E-state index contributed by atoms with van der Waals surface area (Å²) >= 11 is 5.70. The van der Waals surface area contributed by atoms with Crippen molar-refractivity contribution in [1.29, 1.82) is 0 Å². The summed E-state index contributed by atoms with van der Waals surface area (Å²) in [6.07, 6.45) is 4.88. The van der Waals surface area contributed by atoms with Crippen LogP contribution in [0.2, 0.25) is 5.02 Å². The molecule has 0 spiro atoms. The van der Waals surface area contributed by atoms with Crippen LogP contribution in [0.4, 0.5) is 10.1 Å². The Kier molecular flexibility index (Phi) is 3.83. The van der Waals surface area contributed by atoms with Gasteiger partial charge in [0.05, 0.1) is 17.3 Å². The fraction of sp³-hybridized carbons (Fsp3) is 0.533. The third-order valence-electron chi connectivity index (χ3n) is 3.98. The van der Waals surface area contributed by atoms with E-state index in [1.165, 1.54) is 31.7 Å². The molecule has 0 aliphatic heterocycles. The van der Waals surface area contributed by atoms with Crippen molar-refractivity contribution in [2.45, 2.75) is 31.7 Å². The Hall–Kier alpha value is -1.29. The summed E-state index contributed by atoms with van der Waals surface area (Å²) in [5.41, 5.74) is 0.266. The second kappa shape index (κ2) is 5.60. The first kappa shape index (κ1) is 13.7. The van der Waals surface area contributed by atoms with Gasteiger partial charge in [0.15, 0.2) is 5.82 Å². The third-order valence-corrected chi connectivity index (χ3v) is 4.27. The molecule has 1 amide bonds. The highest BCUT2D eigenvalue weighted by molar-refractivity contribution is 6.31. The zero-order chi connectivity index (χ0) is 14.1. The van der Waals surface area contributed by atoms with E-state index in [1.54, 1.807) is 12.1 Å². The highest BCUT2D eigenvalue weighted by Crippen LogP contribution is 2.44. The fourth-order valence-corrected chi connectivity index (χ4v) is 2.76. The second-order valence-corrected chi connectivity index (χ2v) is 6.13. The number of nitrogens with one attached hydrogen (secondary N) is 2. The molecular weight excluding hydrogens is 279 g/mol. The molecule has 1 aromatic carbocycles. The van der Waals surface area contributed by atoms with Gasteiger partial charge in [-0.05, 0) is 49.7 Å². The average Bonchev–Trinajstić information content (AvgIpc) is 3.28. The van der Waals surface area contributed by atoms with Crippen LogP contribution >= 0.6 is 11.6 Å². The highest BCUT2D eigenvalue weighted by Gasteiger charge is 2.42. The Morgan fingerprint density at radius 3 is 2.55 bits per heavy atom. The lowest BCUT2D eigenvalue weighted by Gasteiger charge is -2.18. The fourth-order valence-electron chi connectivity index (χ4n) is 2.58. The van der Waals surface area contributed by atoms with Crippen LogP contribution in [0.25, 0.3) is 0 Å². The van der Waals surface area contributed by atoms with Crippen molar-refractivity contribution in [3.8, 4) is 0 Å². The van der Waals surface area contributed by atoms with E-state index in [1.807, 2.05) is 0 Å². The summed E-state index contributed by atoms with van der Waals surface area (Å²) in [5.74, 6) is 0.736. The molecule has 0 heterocycles.